The first kappa shape index (κ1) is 17.2. The van der Waals surface area contributed by atoms with Crippen LogP contribution in [0.5, 0.6) is 0 Å². The first-order chi connectivity index (χ1) is 10.6. The molecule has 130 valence electrons. The molecule has 3 rings (SSSR count). The minimum atomic E-state index is -0.452. The van der Waals surface area contributed by atoms with Gasteiger partial charge in [0, 0.05) is 5.41 Å². The lowest BCUT2D eigenvalue weighted by Crippen LogP contribution is -2.51. The highest BCUT2D eigenvalue weighted by Gasteiger charge is 2.53. The lowest BCUT2D eigenvalue weighted by molar-refractivity contribution is -0.0649. The maximum Gasteiger partial charge on any atom is 0.0753 e. The van der Waals surface area contributed by atoms with Crippen LogP contribution in [-0.2, 0) is 0 Å². The Morgan fingerprint density at radius 1 is 1.04 bits per heavy atom. The van der Waals surface area contributed by atoms with Gasteiger partial charge in [0.1, 0.15) is 0 Å². The van der Waals surface area contributed by atoms with Gasteiger partial charge in [-0.25, -0.2) is 0 Å². The molecule has 0 amide bonds. The Bertz CT molecular complexity index is 547. The van der Waals surface area contributed by atoms with Crippen LogP contribution in [0.2, 0.25) is 0 Å². The molecular weight excluding hydrogens is 288 g/mol. The number of fused-ring (bicyclic) bond motifs is 3. The Labute approximate surface area is 140 Å². The van der Waals surface area contributed by atoms with Gasteiger partial charge in [0.2, 0.25) is 0 Å². The summed E-state index contributed by atoms with van der Waals surface area (Å²) in [4.78, 5) is 0. The predicted octanol–water partition coefficient (Wildman–Crippen LogP) is 3.20. The molecule has 0 saturated heterocycles. The van der Waals surface area contributed by atoms with E-state index in [2.05, 4.69) is 27.4 Å². The summed E-state index contributed by atoms with van der Waals surface area (Å²) in [6, 6.07) is 0. The quantitative estimate of drug-likeness (QED) is 0.601. The molecule has 0 aromatic heterocycles. The average Bonchev–Trinajstić information content (AvgIpc) is 2.48. The molecule has 0 radical (unpaired) electrons. The van der Waals surface area contributed by atoms with Crippen molar-refractivity contribution in [3.8, 4) is 0 Å². The van der Waals surface area contributed by atoms with Crippen LogP contribution >= 0.6 is 0 Å². The SMILES string of the molecule is C=C1[C@H]2C[C@@H]3C[C@H](O)C(C)=C(C[C@H](O)[C@]2(C)CC[C@@H]1O)C3(C)C. The fourth-order valence-electron chi connectivity index (χ4n) is 5.51. The summed E-state index contributed by atoms with van der Waals surface area (Å²) < 4.78 is 0. The number of hydrogen-bond acceptors (Lipinski definition) is 3. The fraction of sp³-hybridized carbons (Fsp3) is 0.800. The molecule has 2 bridgehead atoms. The van der Waals surface area contributed by atoms with Gasteiger partial charge in [-0.05, 0) is 67.4 Å². The average molecular weight is 320 g/mol. The summed E-state index contributed by atoms with van der Waals surface area (Å²) >= 11 is 0. The van der Waals surface area contributed by atoms with Crippen LogP contribution in [0.1, 0.15) is 59.8 Å². The molecule has 23 heavy (non-hydrogen) atoms. The van der Waals surface area contributed by atoms with Crippen molar-refractivity contribution in [3.05, 3.63) is 23.3 Å². The first-order valence-electron chi connectivity index (χ1n) is 9.02. The lowest BCUT2D eigenvalue weighted by Gasteiger charge is -2.55. The second-order valence-electron chi connectivity index (χ2n) is 8.98. The number of aliphatic hydroxyl groups excluding tert-OH is 3. The van der Waals surface area contributed by atoms with E-state index in [0.29, 0.717) is 18.8 Å². The maximum absolute atomic E-state index is 11.1. The van der Waals surface area contributed by atoms with Crippen molar-refractivity contribution in [1.29, 1.82) is 0 Å². The lowest BCUT2D eigenvalue weighted by atomic mass is 9.51. The Morgan fingerprint density at radius 3 is 2.35 bits per heavy atom. The molecule has 3 aliphatic carbocycles. The third-order valence-corrected chi connectivity index (χ3v) is 7.59. The zero-order valence-corrected chi connectivity index (χ0v) is 15.0. The number of aliphatic hydroxyl groups is 3. The van der Waals surface area contributed by atoms with E-state index in [1.54, 1.807) is 0 Å². The second kappa shape index (κ2) is 5.44. The summed E-state index contributed by atoms with van der Waals surface area (Å²) in [5, 5.41) is 31.9. The van der Waals surface area contributed by atoms with Crippen LogP contribution < -0.4 is 0 Å². The highest BCUT2D eigenvalue weighted by molar-refractivity contribution is 5.31. The van der Waals surface area contributed by atoms with Crippen molar-refractivity contribution in [3.63, 3.8) is 0 Å². The molecule has 0 unspecified atom stereocenters. The molecule has 3 heteroatoms. The van der Waals surface area contributed by atoms with Crippen molar-refractivity contribution in [2.45, 2.75) is 78.1 Å². The van der Waals surface area contributed by atoms with Crippen LogP contribution in [-0.4, -0.2) is 33.6 Å². The van der Waals surface area contributed by atoms with Crippen molar-refractivity contribution in [2.75, 3.05) is 0 Å². The second-order valence-corrected chi connectivity index (χ2v) is 8.98. The third-order valence-electron chi connectivity index (χ3n) is 7.59. The Hall–Kier alpha value is -0.640. The minimum absolute atomic E-state index is 0.0195. The highest BCUT2D eigenvalue weighted by atomic mass is 16.3. The van der Waals surface area contributed by atoms with E-state index < -0.39 is 18.3 Å². The Kier molecular flexibility index (Phi) is 4.06. The van der Waals surface area contributed by atoms with Crippen molar-refractivity contribution < 1.29 is 15.3 Å². The molecule has 3 nitrogen and oxygen atoms in total. The van der Waals surface area contributed by atoms with Crippen LogP contribution in [0.25, 0.3) is 0 Å². The highest BCUT2D eigenvalue weighted by Crippen LogP contribution is 2.58. The summed E-state index contributed by atoms with van der Waals surface area (Å²) in [5.41, 5.74) is 2.94. The number of rotatable bonds is 0. The minimum Gasteiger partial charge on any atom is -0.392 e. The molecule has 0 aromatic rings. The maximum atomic E-state index is 11.1. The zero-order chi connectivity index (χ0) is 17.2. The molecule has 2 fully saturated rings. The molecule has 0 aliphatic heterocycles. The van der Waals surface area contributed by atoms with Crippen LogP contribution in [0.4, 0.5) is 0 Å². The van der Waals surface area contributed by atoms with Gasteiger partial charge < -0.3 is 15.3 Å². The summed E-state index contributed by atoms with van der Waals surface area (Å²) in [5.74, 6) is 0.479. The first-order valence-corrected chi connectivity index (χ1v) is 9.02. The van der Waals surface area contributed by atoms with Crippen LogP contribution in [0, 0.1) is 22.7 Å². The predicted molar refractivity (Wildman–Crippen MR) is 91.8 cm³/mol. The fourth-order valence-corrected chi connectivity index (χ4v) is 5.51. The molecule has 2 saturated carbocycles. The van der Waals surface area contributed by atoms with Crippen molar-refractivity contribution >= 4 is 0 Å². The molecule has 0 aromatic carbocycles. The van der Waals surface area contributed by atoms with Crippen LogP contribution in [0.3, 0.4) is 0 Å². The third kappa shape index (κ3) is 2.43. The largest absolute Gasteiger partial charge is 0.392 e. The van der Waals surface area contributed by atoms with E-state index >= 15 is 0 Å². The molecule has 0 spiro atoms. The van der Waals surface area contributed by atoms with Gasteiger partial charge in [0.15, 0.2) is 0 Å². The van der Waals surface area contributed by atoms with E-state index in [9.17, 15) is 15.3 Å². The Morgan fingerprint density at radius 2 is 1.70 bits per heavy atom. The smallest absolute Gasteiger partial charge is 0.0753 e. The molecule has 6 atom stereocenters. The van der Waals surface area contributed by atoms with E-state index in [1.165, 1.54) is 5.57 Å². The zero-order valence-electron chi connectivity index (χ0n) is 15.0. The summed E-state index contributed by atoms with van der Waals surface area (Å²) in [7, 11) is 0. The van der Waals surface area contributed by atoms with Gasteiger partial charge in [-0.3, -0.25) is 0 Å². The number of hydrogen-bond donors (Lipinski definition) is 3. The van der Waals surface area contributed by atoms with Crippen molar-refractivity contribution in [1.82, 2.24) is 0 Å². The Balaban J connectivity index is 2.09. The van der Waals surface area contributed by atoms with E-state index in [0.717, 1.165) is 30.4 Å². The van der Waals surface area contributed by atoms with Gasteiger partial charge >= 0.3 is 0 Å². The molecule has 3 aliphatic rings. The van der Waals surface area contributed by atoms with E-state index in [-0.39, 0.29) is 16.7 Å². The topological polar surface area (TPSA) is 60.7 Å². The molecular formula is C20H32O3. The van der Waals surface area contributed by atoms with Gasteiger partial charge in [0.25, 0.3) is 0 Å². The monoisotopic (exact) mass is 320 g/mol. The van der Waals surface area contributed by atoms with E-state index in [1.807, 2.05) is 6.92 Å². The normalized spacial score (nSPS) is 46.9. The van der Waals surface area contributed by atoms with Gasteiger partial charge in [-0.1, -0.05) is 32.9 Å². The van der Waals surface area contributed by atoms with Gasteiger partial charge in [-0.2, -0.15) is 0 Å². The molecule has 3 N–H and O–H groups in total. The van der Waals surface area contributed by atoms with Crippen molar-refractivity contribution in [2.24, 2.45) is 22.7 Å². The standard InChI is InChI=1S/C20H32O3/c1-11-14-10-18(23)20(5)7-6-16(21)12(2)15(20)8-13(9-17(11)22)19(14,3)4/h13,15-18,21-23H,2,6-10H2,1,3-5H3/t13-,15-,16+,17+,18+,20-/m1/s1. The summed E-state index contributed by atoms with van der Waals surface area (Å²) in [6.07, 6.45) is 2.52. The van der Waals surface area contributed by atoms with Crippen LogP contribution in [0.15, 0.2) is 23.3 Å². The van der Waals surface area contributed by atoms with Gasteiger partial charge in [-0.15, -0.1) is 0 Å². The van der Waals surface area contributed by atoms with E-state index in [4.69, 9.17) is 0 Å². The van der Waals surface area contributed by atoms with Gasteiger partial charge in [0.05, 0.1) is 18.3 Å². The summed E-state index contributed by atoms with van der Waals surface area (Å²) in [6.45, 7) is 12.9. The molecule has 0 heterocycles.